The number of aromatic nitrogens is 1. The lowest BCUT2D eigenvalue weighted by Crippen LogP contribution is -2.46. The zero-order chi connectivity index (χ0) is 23.3. The molecule has 2 heterocycles. The van der Waals surface area contributed by atoms with E-state index in [1.165, 1.54) is 0 Å². The maximum atomic E-state index is 13.4. The Morgan fingerprint density at radius 3 is 2.59 bits per heavy atom. The Hall–Kier alpha value is -4.34. The summed E-state index contributed by atoms with van der Waals surface area (Å²) in [6.45, 7) is 0.387. The minimum atomic E-state index is -0.729. The van der Waals surface area contributed by atoms with Gasteiger partial charge in [0.15, 0.2) is 0 Å². The van der Waals surface area contributed by atoms with Crippen LogP contribution in [0, 0.1) is 11.3 Å². The summed E-state index contributed by atoms with van der Waals surface area (Å²) in [5.74, 6) is 0.509. The molecule has 3 aromatic carbocycles. The summed E-state index contributed by atoms with van der Waals surface area (Å²) in [6, 6.07) is 28.0. The highest BCUT2D eigenvalue weighted by Gasteiger charge is 2.24. The first-order valence-corrected chi connectivity index (χ1v) is 11.2. The van der Waals surface area contributed by atoms with Crippen LogP contribution in [0.25, 0.3) is 21.9 Å². The van der Waals surface area contributed by atoms with Gasteiger partial charge in [0.2, 0.25) is 5.91 Å². The summed E-state index contributed by atoms with van der Waals surface area (Å²) in [5, 5.41) is 18.0. The first-order chi connectivity index (χ1) is 16.7. The van der Waals surface area contributed by atoms with E-state index in [0.29, 0.717) is 13.0 Å². The summed E-state index contributed by atoms with van der Waals surface area (Å²) in [4.78, 5) is 16.6. The van der Waals surface area contributed by atoms with Crippen molar-refractivity contribution in [1.29, 1.82) is 5.26 Å². The van der Waals surface area contributed by atoms with Crippen LogP contribution >= 0.6 is 0 Å². The van der Waals surface area contributed by atoms with Crippen LogP contribution in [0.3, 0.4) is 0 Å². The quantitative estimate of drug-likeness (QED) is 0.312. The largest absolute Gasteiger partial charge is 0.460 e. The first kappa shape index (κ1) is 21.5. The van der Waals surface area contributed by atoms with Gasteiger partial charge in [0.05, 0.1) is 18.7 Å². The van der Waals surface area contributed by atoms with Crippen LogP contribution in [0.15, 0.2) is 95.5 Å². The minimum Gasteiger partial charge on any atom is -0.460 e. The second-order valence-electron chi connectivity index (χ2n) is 8.23. The molecule has 168 valence electrons. The average Bonchev–Trinajstić information content (AvgIpc) is 3.49. The second-order valence-corrected chi connectivity index (χ2v) is 8.23. The lowest BCUT2D eigenvalue weighted by Gasteiger charge is -2.20. The van der Waals surface area contributed by atoms with Crippen molar-refractivity contribution < 1.29 is 9.21 Å². The smallest absolute Gasteiger partial charge is 0.238 e. The number of benzene rings is 3. The highest BCUT2D eigenvalue weighted by molar-refractivity contribution is 5.86. The molecule has 2 aromatic heterocycles. The maximum absolute atomic E-state index is 13.4. The third kappa shape index (κ3) is 4.56. The molecule has 0 fully saturated rings. The van der Waals surface area contributed by atoms with Crippen molar-refractivity contribution in [3.8, 4) is 6.07 Å². The van der Waals surface area contributed by atoms with E-state index in [9.17, 15) is 10.1 Å². The topological polar surface area (TPSA) is 93.9 Å². The predicted molar refractivity (Wildman–Crippen MR) is 132 cm³/mol. The van der Waals surface area contributed by atoms with E-state index < -0.39 is 12.1 Å². The van der Waals surface area contributed by atoms with Crippen LogP contribution in [0.1, 0.15) is 22.9 Å². The van der Waals surface area contributed by atoms with Crippen molar-refractivity contribution >= 4 is 27.8 Å². The highest BCUT2D eigenvalue weighted by Crippen LogP contribution is 2.21. The molecule has 5 rings (SSSR count). The fourth-order valence-electron chi connectivity index (χ4n) is 4.20. The molecule has 0 aliphatic carbocycles. The third-order valence-electron chi connectivity index (χ3n) is 5.96. The molecule has 2 atom stereocenters. The number of fused-ring (bicyclic) bond motifs is 2. The molecule has 6 nitrogen and oxygen atoms in total. The number of hydrogen-bond donors (Lipinski definition) is 3. The Kier molecular flexibility index (Phi) is 6.11. The normalized spacial score (nSPS) is 12.9. The fourth-order valence-corrected chi connectivity index (χ4v) is 4.20. The first-order valence-electron chi connectivity index (χ1n) is 11.2. The van der Waals surface area contributed by atoms with E-state index in [-0.39, 0.29) is 5.91 Å². The molecule has 34 heavy (non-hydrogen) atoms. The van der Waals surface area contributed by atoms with Gasteiger partial charge in [0, 0.05) is 22.5 Å². The molecule has 5 aromatic rings. The lowest BCUT2D eigenvalue weighted by molar-refractivity contribution is -0.123. The van der Waals surface area contributed by atoms with Gasteiger partial charge in [-0.15, -0.1) is 0 Å². The van der Waals surface area contributed by atoms with Crippen LogP contribution < -0.4 is 10.6 Å². The predicted octanol–water partition coefficient (Wildman–Crippen LogP) is 5.00. The number of carbonyl (C=O) groups excluding carboxylic acids is 1. The van der Waals surface area contributed by atoms with Gasteiger partial charge in [-0.05, 0) is 35.7 Å². The van der Waals surface area contributed by atoms with Gasteiger partial charge < -0.3 is 14.7 Å². The van der Waals surface area contributed by atoms with Gasteiger partial charge in [-0.3, -0.25) is 10.1 Å². The Bertz CT molecular complexity index is 1430. The lowest BCUT2D eigenvalue weighted by atomic mass is 10.0. The van der Waals surface area contributed by atoms with E-state index in [1.807, 2.05) is 91.1 Å². The number of rotatable bonds is 8. The van der Waals surface area contributed by atoms with Crippen LogP contribution in [0.5, 0.6) is 0 Å². The van der Waals surface area contributed by atoms with Gasteiger partial charge in [0.25, 0.3) is 0 Å². The summed E-state index contributed by atoms with van der Waals surface area (Å²) < 4.78 is 5.92. The van der Waals surface area contributed by atoms with Crippen molar-refractivity contribution in [1.82, 2.24) is 15.6 Å². The molecule has 0 aliphatic rings. The number of nitriles is 1. The van der Waals surface area contributed by atoms with Crippen LogP contribution in [0.4, 0.5) is 0 Å². The molecule has 0 saturated carbocycles. The molecule has 2 unspecified atom stereocenters. The number of carbonyl (C=O) groups is 1. The molecule has 6 heteroatoms. The van der Waals surface area contributed by atoms with Crippen LogP contribution in [0.2, 0.25) is 0 Å². The Balaban J connectivity index is 1.38. The fraction of sp³-hybridized carbons (Fsp3) is 0.143. The van der Waals surface area contributed by atoms with E-state index >= 15 is 0 Å². The summed E-state index contributed by atoms with van der Waals surface area (Å²) in [6.07, 6.45) is 2.40. The van der Waals surface area contributed by atoms with Gasteiger partial charge in [0.1, 0.15) is 17.4 Å². The molecule has 0 saturated heterocycles. The van der Waals surface area contributed by atoms with Gasteiger partial charge in [-0.1, -0.05) is 66.7 Å². The van der Waals surface area contributed by atoms with Gasteiger partial charge in [-0.2, -0.15) is 5.26 Å². The summed E-state index contributed by atoms with van der Waals surface area (Å²) in [7, 11) is 0. The highest BCUT2D eigenvalue weighted by atomic mass is 16.3. The molecule has 0 spiro atoms. The number of aromatic amines is 1. The number of nitrogens with zero attached hydrogens (tertiary/aromatic N) is 1. The number of para-hydroxylation sites is 2. The average molecular weight is 449 g/mol. The van der Waals surface area contributed by atoms with Crippen molar-refractivity contribution in [3.63, 3.8) is 0 Å². The van der Waals surface area contributed by atoms with Crippen LogP contribution in [-0.4, -0.2) is 16.9 Å². The van der Waals surface area contributed by atoms with E-state index in [4.69, 9.17) is 4.42 Å². The molecule has 0 bridgehead atoms. The van der Waals surface area contributed by atoms with Crippen molar-refractivity contribution in [2.24, 2.45) is 0 Å². The summed E-state index contributed by atoms with van der Waals surface area (Å²) in [5.41, 5.74) is 3.61. The standard InChI is InChI=1S/C28H24N4O2/c29-16-26(19-8-2-1-3-9-19)32-28(33)25(15-21-17-30-24-12-6-5-11-23(21)24)31-18-22-14-20-10-4-7-13-27(20)34-22/h1-14,17,25-26,30-31H,15,18H2,(H,32,33). The number of nitrogens with one attached hydrogen (secondary N) is 3. The SMILES string of the molecule is N#CC(NC(=O)C(Cc1c[nH]c2ccccc12)NCc1cc2ccccc2o1)c1ccccc1. The molecule has 1 amide bonds. The molecule has 0 radical (unpaired) electrons. The monoisotopic (exact) mass is 448 g/mol. The third-order valence-corrected chi connectivity index (χ3v) is 5.96. The molecule has 3 N–H and O–H groups in total. The maximum Gasteiger partial charge on any atom is 0.238 e. The number of amides is 1. The zero-order valence-corrected chi connectivity index (χ0v) is 18.5. The molecule has 0 aliphatic heterocycles. The van der Waals surface area contributed by atoms with Crippen molar-refractivity contribution in [2.45, 2.75) is 25.0 Å². The Morgan fingerprint density at radius 2 is 1.76 bits per heavy atom. The Labute approximate surface area is 197 Å². The van der Waals surface area contributed by atoms with Crippen LogP contribution in [-0.2, 0) is 17.8 Å². The number of furan rings is 1. The summed E-state index contributed by atoms with van der Waals surface area (Å²) >= 11 is 0. The Morgan fingerprint density at radius 1 is 1.00 bits per heavy atom. The number of hydrogen-bond acceptors (Lipinski definition) is 4. The van der Waals surface area contributed by atoms with Crippen molar-refractivity contribution in [3.05, 3.63) is 108 Å². The molecular weight excluding hydrogens is 424 g/mol. The van der Waals surface area contributed by atoms with Gasteiger partial charge >= 0.3 is 0 Å². The van der Waals surface area contributed by atoms with E-state index in [1.54, 1.807) is 0 Å². The van der Waals surface area contributed by atoms with Gasteiger partial charge in [-0.25, -0.2) is 0 Å². The second kappa shape index (κ2) is 9.65. The molecular formula is C28H24N4O2. The zero-order valence-electron chi connectivity index (χ0n) is 18.5. The van der Waals surface area contributed by atoms with E-state index in [0.717, 1.165) is 38.8 Å². The number of H-pyrrole nitrogens is 1. The van der Waals surface area contributed by atoms with E-state index in [2.05, 4.69) is 21.7 Å². The minimum absolute atomic E-state index is 0.239. The van der Waals surface area contributed by atoms with Crippen molar-refractivity contribution in [2.75, 3.05) is 0 Å².